The number of rotatable bonds is 7. The molecule has 0 atom stereocenters. The standard InChI is InChI=1S/C25H25ClN2O3/c26-21-8-11-24(31-18-20-4-2-1-3-5-20)23(16-21)25(29)27-17-19-6-9-22(10-7-19)28-12-14-30-15-13-28/h1-11,16H,12-15,17-18H2,(H,27,29). The molecule has 0 saturated carbocycles. The number of amides is 1. The molecule has 160 valence electrons. The van der Waals surface area contributed by atoms with Crippen LogP contribution >= 0.6 is 11.6 Å². The minimum Gasteiger partial charge on any atom is -0.488 e. The van der Waals surface area contributed by atoms with Crippen LogP contribution < -0.4 is 15.0 Å². The number of carbonyl (C=O) groups is 1. The first-order valence-electron chi connectivity index (χ1n) is 10.4. The van der Waals surface area contributed by atoms with Crippen molar-refractivity contribution in [3.8, 4) is 5.75 Å². The maximum atomic E-state index is 12.8. The van der Waals surface area contributed by atoms with Crippen LogP contribution in [0, 0.1) is 0 Å². The van der Waals surface area contributed by atoms with Crippen LogP contribution in [0.25, 0.3) is 0 Å². The molecule has 31 heavy (non-hydrogen) atoms. The molecule has 1 amide bonds. The summed E-state index contributed by atoms with van der Waals surface area (Å²) in [6, 6.07) is 23.2. The van der Waals surface area contributed by atoms with Gasteiger partial charge in [0.2, 0.25) is 0 Å². The van der Waals surface area contributed by atoms with Crippen molar-refractivity contribution in [3.05, 3.63) is 94.5 Å². The molecule has 3 aromatic carbocycles. The lowest BCUT2D eigenvalue weighted by molar-refractivity contribution is 0.0946. The summed E-state index contributed by atoms with van der Waals surface area (Å²) in [4.78, 5) is 15.1. The third-order valence-electron chi connectivity index (χ3n) is 5.19. The van der Waals surface area contributed by atoms with Crippen LogP contribution in [0.1, 0.15) is 21.5 Å². The average Bonchev–Trinajstić information content (AvgIpc) is 2.83. The van der Waals surface area contributed by atoms with Gasteiger partial charge in [0.1, 0.15) is 12.4 Å². The first-order valence-corrected chi connectivity index (χ1v) is 10.7. The molecule has 1 saturated heterocycles. The predicted octanol–water partition coefficient (Wildman–Crippen LogP) is 4.69. The molecular formula is C25H25ClN2O3. The Labute approximate surface area is 187 Å². The summed E-state index contributed by atoms with van der Waals surface area (Å²) in [7, 11) is 0. The number of anilines is 1. The molecule has 3 aromatic rings. The van der Waals surface area contributed by atoms with E-state index >= 15 is 0 Å². The molecular weight excluding hydrogens is 412 g/mol. The van der Waals surface area contributed by atoms with Gasteiger partial charge in [-0.1, -0.05) is 54.1 Å². The highest BCUT2D eigenvalue weighted by atomic mass is 35.5. The maximum Gasteiger partial charge on any atom is 0.255 e. The lowest BCUT2D eigenvalue weighted by Crippen LogP contribution is -2.36. The van der Waals surface area contributed by atoms with Crippen molar-refractivity contribution in [2.24, 2.45) is 0 Å². The third kappa shape index (κ3) is 5.78. The van der Waals surface area contributed by atoms with E-state index in [4.69, 9.17) is 21.1 Å². The van der Waals surface area contributed by atoms with Crippen molar-refractivity contribution in [2.45, 2.75) is 13.2 Å². The number of hydrogen-bond donors (Lipinski definition) is 1. The second-order valence-electron chi connectivity index (χ2n) is 7.36. The molecule has 1 N–H and O–H groups in total. The highest BCUT2D eigenvalue weighted by molar-refractivity contribution is 6.31. The topological polar surface area (TPSA) is 50.8 Å². The summed E-state index contributed by atoms with van der Waals surface area (Å²) in [5.74, 6) is 0.288. The van der Waals surface area contributed by atoms with Crippen LogP contribution in [0.4, 0.5) is 5.69 Å². The average molecular weight is 437 g/mol. The molecule has 5 nitrogen and oxygen atoms in total. The van der Waals surface area contributed by atoms with Gasteiger partial charge in [0.15, 0.2) is 0 Å². The second kappa shape index (κ2) is 10.3. The van der Waals surface area contributed by atoms with Crippen molar-refractivity contribution < 1.29 is 14.3 Å². The molecule has 1 heterocycles. The first-order chi connectivity index (χ1) is 15.2. The molecule has 0 unspecified atom stereocenters. The number of hydrogen-bond acceptors (Lipinski definition) is 4. The second-order valence-corrected chi connectivity index (χ2v) is 7.80. The number of carbonyl (C=O) groups excluding carboxylic acids is 1. The number of halogens is 1. The number of nitrogens with zero attached hydrogens (tertiary/aromatic N) is 1. The summed E-state index contributed by atoms with van der Waals surface area (Å²) < 4.78 is 11.3. The molecule has 0 bridgehead atoms. The Bertz CT molecular complexity index is 1000. The van der Waals surface area contributed by atoms with E-state index in [0.717, 1.165) is 37.4 Å². The van der Waals surface area contributed by atoms with E-state index in [9.17, 15) is 4.79 Å². The monoisotopic (exact) mass is 436 g/mol. The van der Waals surface area contributed by atoms with E-state index in [1.165, 1.54) is 5.69 Å². The summed E-state index contributed by atoms with van der Waals surface area (Å²) in [6.45, 7) is 4.12. The lowest BCUT2D eigenvalue weighted by Gasteiger charge is -2.28. The smallest absolute Gasteiger partial charge is 0.255 e. The summed E-state index contributed by atoms with van der Waals surface area (Å²) in [5.41, 5.74) is 3.65. The fraction of sp³-hybridized carbons (Fsp3) is 0.240. The summed E-state index contributed by atoms with van der Waals surface area (Å²) in [5, 5.41) is 3.46. The zero-order valence-electron chi connectivity index (χ0n) is 17.2. The third-order valence-corrected chi connectivity index (χ3v) is 5.42. The minimum absolute atomic E-state index is 0.220. The Morgan fingerprint density at radius 3 is 2.45 bits per heavy atom. The van der Waals surface area contributed by atoms with Gasteiger partial charge in [0.25, 0.3) is 5.91 Å². The largest absolute Gasteiger partial charge is 0.488 e. The van der Waals surface area contributed by atoms with Gasteiger partial charge in [-0.05, 0) is 41.5 Å². The summed E-state index contributed by atoms with van der Waals surface area (Å²) in [6.07, 6.45) is 0. The zero-order chi connectivity index (χ0) is 21.5. The Morgan fingerprint density at radius 2 is 1.71 bits per heavy atom. The van der Waals surface area contributed by atoms with Gasteiger partial charge in [0, 0.05) is 30.3 Å². The van der Waals surface area contributed by atoms with Crippen LogP contribution in [0.15, 0.2) is 72.8 Å². The van der Waals surface area contributed by atoms with E-state index in [2.05, 4.69) is 22.3 Å². The van der Waals surface area contributed by atoms with Gasteiger partial charge >= 0.3 is 0 Å². The number of benzene rings is 3. The zero-order valence-corrected chi connectivity index (χ0v) is 18.0. The Kier molecular flexibility index (Phi) is 7.07. The number of nitrogens with one attached hydrogen (secondary N) is 1. The number of ether oxygens (including phenoxy) is 2. The SMILES string of the molecule is O=C(NCc1ccc(N2CCOCC2)cc1)c1cc(Cl)ccc1OCc1ccccc1. The van der Waals surface area contributed by atoms with Crippen molar-refractivity contribution in [2.75, 3.05) is 31.2 Å². The quantitative estimate of drug-likeness (QED) is 0.584. The lowest BCUT2D eigenvalue weighted by atomic mass is 10.1. The summed E-state index contributed by atoms with van der Waals surface area (Å²) >= 11 is 6.14. The fourth-order valence-electron chi connectivity index (χ4n) is 3.46. The van der Waals surface area contributed by atoms with Crippen LogP contribution in [0.5, 0.6) is 5.75 Å². The first kappa shape index (κ1) is 21.2. The van der Waals surface area contributed by atoms with Crippen LogP contribution in [0.3, 0.4) is 0 Å². The Hall–Kier alpha value is -3.02. The highest BCUT2D eigenvalue weighted by Gasteiger charge is 2.14. The molecule has 0 spiro atoms. The molecule has 1 fully saturated rings. The minimum atomic E-state index is -0.220. The molecule has 6 heteroatoms. The maximum absolute atomic E-state index is 12.8. The normalized spacial score (nSPS) is 13.6. The Balaban J connectivity index is 1.38. The van der Waals surface area contributed by atoms with Gasteiger partial charge < -0.3 is 19.7 Å². The molecule has 0 aromatic heterocycles. The van der Waals surface area contributed by atoms with E-state index in [1.54, 1.807) is 18.2 Å². The van der Waals surface area contributed by atoms with Crippen LogP contribution in [-0.2, 0) is 17.9 Å². The van der Waals surface area contributed by atoms with Gasteiger partial charge in [-0.25, -0.2) is 0 Å². The van der Waals surface area contributed by atoms with Crippen LogP contribution in [-0.4, -0.2) is 32.2 Å². The van der Waals surface area contributed by atoms with Crippen molar-refractivity contribution in [3.63, 3.8) is 0 Å². The molecule has 0 radical (unpaired) electrons. The molecule has 1 aliphatic rings. The predicted molar refractivity (Wildman–Crippen MR) is 123 cm³/mol. The van der Waals surface area contributed by atoms with Gasteiger partial charge in [-0.3, -0.25) is 4.79 Å². The Morgan fingerprint density at radius 1 is 0.968 bits per heavy atom. The van der Waals surface area contributed by atoms with Gasteiger partial charge in [0.05, 0.1) is 18.8 Å². The van der Waals surface area contributed by atoms with Crippen LogP contribution in [0.2, 0.25) is 5.02 Å². The van der Waals surface area contributed by atoms with E-state index in [-0.39, 0.29) is 5.91 Å². The van der Waals surface area contributed by atoms with Gasteiger partial charge in [-0.15, -0.1) is 0 Å². The highest BCUT2D eigenvalue weighted by Crippen LogP contribution is 2.24. The number of morpholine rings is 1. The van der Waals surface area contributed by atoms with E-state index in [0.29, 0.717) is 29.5 Å². The molecule has 1 aliphatic heterocycles. The van der Waals surface area contributed by atoms with E-state index < -0.39 is 0 Å². The van der Waals surface area contributed by atoms with Gasteiger partial charge in [-0.2, -0.15) is 0 Å². The van der Waals surface area contributed by atoms with Crippen molar-refractivity contribution in [1.82, 2.24) is 5.32 Å². The van der Waals surface area contributed by atoms with E-state index in [1.807, 2.05) is 42.5 Å². The molecule has 0 aliphatic carbocycles. The van der Waals surface area contributed by atoms with Crippen molar-refractivity contribution in [1.29, 1.82) is 0 Å². The van der Waals surface area contributed by atoms with Crippen molar-refractivity contribution >= 4 is 23.2 Å². The molecule has 4 rings (SSSR count). The fourth-order valence-corrected chi connectivity index (χ4v) is 3.64.